The Hall–Kier alpha value is -1.54. The summed E-state index contributed by atoms with van der Waals surface area (Å²) in [6.07, 6.45) is -2.81. The van der Waals surface area contributed by atoms with E-state index in [0.29, 0.717) is 25.3 Å². The van der Waals surface area contributed by atoms with Crippen molar-refractivity contribution < 1.29 is 18.0 Å². The zero-order chi connectivity index (χ0) is 17.2. The molecule has 2 heterocycles. The molecular weight excluding hydrogens is 333 g/mol. The maximum atomic E-state index is 12.6. The van der Waals surface area contributed by atoms with E-state index >= 15 is 0 Å². The molecule has 1 aliphatic rings. The van der Waals surface area contributed by atoms with Gasteiger partial charge in [0.15, 0.2) is 0 Å². The van der Waals surface area contributed by atoms with Crippen LogP contribution < -0.4 is 16.0 Å². The average molecular weight is 351 g/mol. The summed E-state index contributed by atoms with van der Waals surface area (Å²) >= 11 is 5.93. The number of pyridine rings is 1. The fourth-order valence-electron chi connectivity index (χ4n) is 2.47. The van der Waals surface area contributed by atoms with E-state index in [1.807, 2.05) is 0 Å². The first-order valence-corrected chi connectivity index (χ1v) is 7.57. The average Bonchev–Trinajstić information content (AvgIpc) is 2.84. The van der Waals surface area contributed by atoms with Gasteiger partial charge in [0.25, 0.3) is 0 Å². The van der Waals surface area contributed by atoms with Gasteiger partial charge in [0.1, 0.15) is 5.82 Å². The smallest absolute Gasteiger partial charge is 0.353 e. The molecule has 5 nitrogen and oxygen atoms in total. The number of nitrogens with one attached hydrogen (secondary N) is 1. The number of alkyl halides is 3. The molecule has 23 heavy (non-hydrogen) atoms. The van der Waals surface area contributed by atoms with Gasteiger partial charge < -0.3 is 16.0 Å². The zero-order valence-corrected chi connectivity index (χ0v) is 13.3. The minimum atomic E-state index is -4.48. The number of hydrogen-bond acceptors (Lipinski definition) is 4. The van der Waals surface area contributed by atoms with E-state index < -0.39 is 11.7 Å². The summed E-state index contributed by atoms with van der Waals surface area (Å²) in [6, 6.07) is 0.547. The van der Waals surface area contributed by atoms with Gasteiger partial charge in [0.05, 0.1) is 10.6 Å². The van der Waals surface area contributed by atoms with E-state index in [4.69, 9.17) is 17.3 Å². The molecule has 0 spiro atoms. The predicted octanol–water partition coefficient (Wildman–Crippen LogP) is 2.19. The normalized spacial score (nSPS) is 19.7. The molecule has 1 aromatic rings. The van der Waals surface area contributed by atoms with Gasteiger partial charge >= 0.3 is 6.18 Å². The second-order valence-corrected chi connectivity index (χ2v) is 6.11. The lowest BCUT2D eigenvalue weighted by Crippen LogP contribution is -2.39. The Kier molecular flexibility index (Phi) is 5.36. The van der Waals surface area contributed by atoms with E-state index in [1.165, 1.54) is 0 Å². The van der Waals surface area contributed by atoms with Crippen LogP contribution in [0.5, 0.6) is 0 Å². The summed E-state index contributed by atoms with van der Waals surface area (Å²) in [7, 11) is 0. The highest BCUT2D eigenvalue weighted by atomic mass is 35.5. The Morgan fingerprint density at radius 2 is 2.30 bits per heavy atom. The first kappa shape index (κ1) is 17.8. The lowest BCUT2D eigenvalue weighted by atomic mass is 10.2. The number of nitrogens with zero attached hydrogens (tertiary/aromatic N) is 2. The maximum Gasteiger partial charge on any atom is 0.417 e. The van der Waals surface area contributed by atoms with Gasteiger partial charge in [0.2, 0.25) is 5.91 Å². The summed E-state index contributed by atoms with van der Waals surface area (Å²) in [5.74, 6) is 0.155. The summed E-state index contributed by atoms with van der Waals surface area (Å²) < 4.78 is 37.8. The molecule has 0 bridgehead atoms. The van der Waals surface area contributed by atoms with Crippen molar-refractivity contribution in [1.82, 2.24) is 10.3 Å². The Morgan fingerprint density at radius 1 is 1.61 bits per heavy atom. The van der Waals surface area contributed by atoms with Gasteiger partial charge in [-0.2, -0.15) is 13.2 Å². The van der Waals surface area contributed by atoms with Crippen molar-refractivity contribution in [3.8, 4) is 0 Å². The van der Waals surface area contributed by atoms with E-state index in [2.05, 4.69) is 10.3 Å². The van der Waals surface area contributed by atoms with Crippen molar-refractivity contribution in [3.05, 3.63) is 22.8 Å². The van der Waals surface area contributed by atoms with Gasteiger partial charge in [-0.1, -0.05) is 11.6 Å². The predicted molar refractivity (Wildman–Crippen MR) is 81.3 cm³/mol. The molecule has 0 radical (unpaired) electrons. The van der Waals surface area contributed by atoms with Crippen LogP contribution in [0.15, 0.2) is 12.3 Å². The van der Waals surface area contributed by atoms with Crippen LogP contribution in [0.1, 0.15) is 25.3 Å². The molecule has 1 amide bonds. The Bertz CT molecular complexity index is 580. The van der Waals surface area contributed by atoms with Crippen LogP contribution in [0.2, 0.25) is 5.02 Å². The molecule has 1 fully saturated rings. The van der Waals surface area contributed by atoms with Crippen LogP contribution in [0, 0.1) is 0 Å². The van der Waals surface area contributed by atoms with Crippen molar-refractivity contribution in [3.63, 3.8) is 0 Å². The summed E-state index contributed by atoms with van der Waals surface area (Å²) in [4.78, 5) is 17.3. The molecule has 1 aliphatic heterocycles. The summed E-state index contributed by atoms with van der Waals surface area (Å²) in [5, 5.41) is 2.80. The van der Waals surface area contributed by atoms with Gasteiger partial charge in [-0.15, -0.1) is 0 Å². The largest absolute Gasteiger partial charge is 0.417 e. The van der Waals surface area contributed by atoms with E-state index in [1.54, 1.807) is 11.8 Å². The first-order valence-electron chi connectivity index (χ1n) is 7.19. The molecule has 1 saturated heterocycles. The summed E-state index contributed by atoms with van der Waals surface area (Å²) in [6.45, 7) is 2.75. The standard InChI is InChI=1S/C14H18ClF3N4O/c1-8(19)4-12(23)21-10-2-3-22(7-10)13-11(15)5-9(6-20-13)14(16,17)18/h5-6,8,10H,2-4,7,19H2,1H3,(H,21,23). The quantitative estimate of drug-likeness (QED) is 0.873. The Labute approximate surface area is 137 Å². The van der Waals surface area contributed by atoms with Crippen LogP contribution >= 0.6 is 11.6 Å². The van der Waals surface area contributed by atoms with Gasteiger partial charge in [-0.3, -0.25) is 4.79 Å². The fourth-order valence-corrected chi connectivity index (χ4v) is 2.75. The zero-order valence-electron chi connectivity index (χ0n) is 12.5. The topological polar surface area (TPSA) is 71.2 Å². The fraction of sp³-hybridized carbons (Fsp3) is 0.571. The van der Waals surface area contributed by atoms with Crippen molar-refractivity contribution in [2.45, 2.75) is 38.0 Å². The van der Waals surface area contributed by atoms with Gasteiger partial charge in [-0.05, 0) is 19.4 Å². The SMILES string of the molecule is CC(N)CC(=O)NC1CCN(c2ncc(C(F)(F)F)cc2Cl)C1. The monoisotopic (exact) mass is 350 g/mol. The molecule has 0 saturated carbocycles. The number of amides is 1. The third-order valence-corrected chi connectivity index (χ3v) is 3.79. The van der Waals surface area contributed by atoms with Gasteiger partial charge in [-0.25, -0.2) is 4.98 Å². The lowest BCUT2D eigenvalue weighted by Gasteiger charge is -2.20. The van der Waals surface area contributed by atoms with E-state index in [-0.39, 0.29) is 29.4 Å². The highest BCUT2D eigenvalue weighted by molar-refractivity contribution is 6.33. The number of nitrogens with two attached hydrogens (primary N) is 1. The van der Waals surface area contributed by atoms with E-state index in [9.17, 15) is 18.0 Å². The Morgan fingerprint density at radius 3 is 2.87 bits per heavy atom. The van der Waals surface area contributed by atoms with Crippen LogP contribution in [-0.2, 0) is 11.0 Å². The second kappa shape index (κ2) is 6.92. The second-order valence-electron chi connectivity index (χ2n) is 5.71. The third kappa shape index (κ3) is 4.71. The van der Waals surface area contributed by atoms with Crippen LogP contribution in [0.25, 0.3) is 0 Å². The number of halogens is 4. The minimum absolute atomic E-state index is 0.0534. The molecular formula is C14H18ClF3N4O. The maximum absolute atomic E-state index is 12.6. The highest BCUT2D eigenvalue weighted by Crippen LogP contribution is 2.34. The summed E-state index contributed by atoms with van der Waals surface area (Å²) in [5.41, 5.74) is 4.68. The molecule has 0 aromatic carbocycles. The number of carbonyl (C=O) groups is 1. The van der Waals surface area contributed by atoms with Gasteiger partial charge in [0, 0.05) is 37.8 Å². The van der Waals surface area contributed by atoms with Crippen LogP contribution in [-0.4, -0.2) is 36.1 Å². The molecule has 0 aliphatic carbocycles. The molecule has 1 aromatic heterocycles. The van der Waals surface area contributed by atoms with Crippen molar-refractivity contribution in [1.29, 1.82) is 0 Å². The molecule has 128 valence electrons. The number of carbonyl (C=O) groups excluding carboxylic acids is 1. The highest BCUT2D eigenvalue weighted by Gasteiger charge is 2.33. The molecule has 2 atom stereocenters. The lowest BCUT2D eigenvalue weighted by molar-refractivity contribution is -0.137. The molecule has 2 unspecified atom stereocenters. The Balaban J connectivity index is 2.00. The number of rotatable bonds is 4. The van der Waals surface area contributed by atoms with Crippen molar-refractivity contribution in [2.75, 3.05) is 18.0 Å². The van der Waals surface area contributed by atoms with Crippen LogP contribution in [0.4, 0.5) is 19.0 Å². The van der Waals surface area contributed by atoms with Crippen LogP contribution in [0.3, 0.4) is 0 Å². The van der Waals surface area contributed by atoms with E-state index in [0.717, 1.165) is 12.3 Å². The molecule has 3 N–H and O–H groups in total. The first-order chi connectivity index (χ1) is 10.7. The molecule has 2 rings (SSSR count). The van der Waals surface area contributed by atoms with Crippen molar-refractivity contribution >= 4 is 23.3 Å². The number of hydrogen-bond donors (Lipinski definition) is 2. The number of aromatic nitrogens is 1. The van der Waals surface area contributed by atoms with Crippen molar-refractivity contribution in [2.24, 2.45) is 5.73 Å². The third-order valence-electron chi connectivity index (χ3n) is 3.51. The number of anilines is 1. The minimum Gasteiger partial charge on any atom is -0.353 e. The molecule has 9 heteroatoms.